The minimum Gasteiger partial charge on any atom is -0.256 e. The van der Waals surface area contributed by atoms with Gasteiger partial charge in [0.15, 0.2) is 0 Å². The third-order valence-electron chi connectivity index (χ3n) is 3.08. The molecule has 0 atom stereocenters. The van der Waals surface area contributed by atoms with Crippen LogP contribution in [0, 0.1) is 0 Å². The molecule has 0 radical (unpaired) electrons. The summed E-state index contributed by atoms with van der Waals surface area (Å²) in [5.74, 6) is 0. The van der Waals surface area contributed by atoms with E-state index in [2.05, 4.69) is 41.9 Å². The third-order valence-corrected chi connectivity index (χ3v) is 3.08. The van der Waals surface area contributed by atoms with E-state index in [0.29, 0.717) is 0 Å². The van der Waals surface area contributed by atoms with Gasteiger partial charge in [-0.15, -0.1) is 0 Å². The molecule has 0 unspecified atom stereocenters. The molecule has 1 heteroatoms. The summed E-state index contributed by atoms with van der Waals surface area (Å²) in [6.07, 6.45) is 4.92. The number of allylic oxidation sites excluding steroid dienone is 2. The van der Waals surface area contributed by atoms with Crippen LogP contribution in [0.25, 0.3) is 11.6 Å². The van der Waals surface area contributed by atoms with E-state index in [0.717, 1.165) is 23.3 Å². The number of aromatic nitrogens is 1. The van der Waals surface area contributed by atoms with E-state index < -0.39 is 0 Å². The Morgan fingerprint density at radius 3 is 2.65 bits per heavy atom. The van der Waals surface area contributed by atoms with Crippen molar-refractivity contribution in [3.63, 3.8) is 0 Å². The van der Waals surface area contributed by atoms with Crippen LogP contribution in [0.3, 0.4) is 0 Å². The number of fused-ring (bicyclic) bond motifs is 1. The van der Waals surface area contributed by atoms with Gasteiger partial charge in [-0.05, 0) is 41.3 Å². The van der Waals surface area contributed by atoms with Crippen LogP contribution in [-0.2, 0) is 6.42 Å². The van der Waals surface area contributed by atoms with Gasteiger partial charge in [-0.25, -0.2) is 0 Å². The number of nitrogens with zero attached hydrogens (tertiary/aromatic N) is 1. The monoisotopic (exact) mass is 219 g/mol. The molecule has 1 aromatic carbocycles. The standard InChI is InChI=1S/C16H13N/c1-12-10-13-6-2-3-7-14(13)11-15(12)16-8-4-5-9-17-16/h2-9,11H,1,10H2. The molecule has 2 aromatic rings. The summed E-state index contributed by atoms with van der Waals surface area (Å²) >= 11 is 0. The highest BCUT2D eigenvalue weighted by molar-refractivity contribution is 5.92. The highest BCUT2D eigenvalue weighted by Gasteiger charge is 2.15. The van der Waals surface area contributed by atoms with Gasteiger partial charge in [0.05, 0.1) is 5.69 Å². The van der Waals surface area contributed by atoms with Gasteiger partial charge in [0.1, 0.15) is 0 Å². The molecule has 3 rings (SSSR count). The van der Waals surface area contributed by atoms with Gasteiger partial charge in [0.25, 0.3) is 0 Å². The second kappa shape index (κ2) is 4.02. The lowest BCUT2D eigenvalue weighted by Gasteiger charge is -2.18. The Bertz CT molecular complexity index is 594. The van der Waals surface area contributed by atoms with Crippen LogP contribution in [0.15, 0.2) is 60.8 Å². The highest BCUT2D eigenvalue weighted by atomic mass is 14.7. The minimum atomic E-state index is 0.915. The van der Waals surface area contributed by atoms with E-state index >= 15 is 0 Å². The van der Waals surface area contributed by atoms with Gasteiger partial charge in [-0.3, -0.25) is 4.98 Å². The van der Waals surface area contributed by atoms with Crippen LogP contribution in [0.4, 0.5) is 0 Å². The van der Waals surface area contributed by atoms with Crippen LogP contribution in [0.1, 0.15) is 16.8 Å². The summed E-state index contributed by atoms with van der Waals surface area (Å²) in [4.78, 5) is 4.40. The van der Waals surface area contributed by atoms with Crippen molar-refractivity contribution in [2.24, 2.45) is 0 Å². The summed E-state index contributed by atoms with van der Waals surface area (Å²) in [6.45, 7) is 4.16. The Morgan fingerprint density at radius 1 is 1.00 bits per heavy atom. The maximum absolute atomic E-state index is 4.40. The number of benzene rings is 1. The Morgan fingerprint density at radius 2 is 1.82 bits per heavy atom. The molecule has 1 heterocycles. The van der Waals surface area contributed by atoms with Gasteiger partial charge in [-0.1, -0.05) is 36.9 Å². The van der Waals surface area contributed by atoms with Crippen molar-refractivity contribution >= 4 is 11.6 Å². The average molecular weight is 219 g/mol. The van der Waals surface area contributed by atoms with Crippen molar-refractivity contribution in [1.82, 2.24) is 4.98 Å². The first kappa shape index (κ1) is 10.0. The van der Waals surface area contributed by atoms with Crippen LogP contribution < -0.4 is 0 Å². The lowest BCUT2D eigenvalue weighted by molar-refractivity contribution is 1.17. The lowest BCUT2D eigenvalue weighted by atomic mass is 9.87. The Hall–Kier alpha value is -2.15. The van der Waals surface area contributed by atoms with Crippen molar-refractivity contribution in [2.75, 3.05) is 0 Å². The van der Waals surface area contributed by atoms with Crippen molar-refractivity contribution in [1.29, 1.82) is 0 Å². The summed E-state index contributed by atoms with van der Waals surface area (Å²) in [5.41, 5.74) is 5.93. The minimum absolute atomic E-state index is 0.915. The number of hydrogen-bond donors (Lipinski definition) is 0. The molecule has 1 aliphatic carbocycles. The fourth-order valence-electron chi connectivity index (χ4n) is 2.20. The van der Waals surface area contributed by atoms with Crippen molar-refractivity contribution in [2.45, 2.75) is 6.42 Å². The van der Waals surface area contributed by atoms with E-state index in [1.165, 1.54) is 11.1 Å². The van der Waals surface area contributed by atoms with Crippen LogP contribution >= 0.6 is 0 Å². The van der Waals surface area contributed by atoms with E-state index in [9.17, 15) is 0 Å². The quantitative estimate of drug-likeness (QED) is 0.712. The van der Waals surface area contributed by atoms with Crippen LogP contribution in [-0.4, -0.2) is 4.98 Å². The normalized spacial score (nSPS) is 14.1. The van der Waals surface area contributed by atoms with Gasteiger partial charge >= 0.3 is 0 Å². The fourth-order valence-corrected chi connectivity index (χ4v) is 2.20. The fraction of sp³-hybridized carbons (Fsp3) is 0.0625. The van der Waals surface area contributed by atoms with Crippen LogP contribution in [0.5, 0.6) is 0 Å². The molecule has 0 saturated carbocycles. The average Bonchev–Trinajstić information content (AvgIpc) is 2.39. The Kier molecular flexibility index (Phi) is 2.37. The molecule has 0 amide bonds. The molecule has 0 fully saturated rings. The molecule has 0 bridgehead atoms. The van der Waals surface area contributed by atoms with E-state index in [1.807, 2.05) is 24.4 Å². The maximum Gasteiger partial charge on any atom is 0.0704 e. The summed E-state index contributed by atoms with van der Waals surface area (Å²) in [7, 11) is 0. The predicted octanol–water partition coefficient (Wildman–Crippen LogP) is 3.73. The maximum atomic E-state index is 4.40. The van der Waals surface area contributed by atoms with E-state index in [4.69, 9.17) is 0 Å². The summed E-state index contributed by atoms with van der Waals surface area (Å²) < 4.78 is 0. The molecule has 82 valence electrons. The van der Waals surface area contributed by atoms with Gasteiger partial charge in [0, 0.05) is 11.8 Å². The Labute approximate surface area is 101 Å². The smallest absolute Gasteiger partial charge is 0.0704 e. The topological polar surface area (TPSA) is 12.9 Å². The first-order valence-electron chi connectivity index (χ1n) is 5.74. The molecule has 0 N–H and O–H groups in total. The predicted molar refractivity (Wildman–Crippen MR) is 71.4 cm³/mol. The van der Waals surface area contributed by atoms with Crippen LogP contribution in [0.2, 0.25) is 0 Å². The second-order valence-corrected chi connectivity index (χ2v) is 4.25. The lowest BCUT2D eigenvalue weighted by Crippen LogP contribution is -2.02. The van der Waals surface area contributed by atoms with Crippen molar-refractivity contribution < 1.29 is 0 Å². The summed E-state index contributed by atoms with van der Waals surface area (Å²) in [5, 5.41) is 0. The SMILES string of the molecule is C=C1Cc2ccccc2C=C1c1ccccn1. The molecule has 1 nitrogen and oxygen atoms in total. The molecule has 1 aliphatic rings. The second-order valence-electron chi connectivity index (χ2n) is 4.25. The first-order chi connectivity index (χ1) is 8.34. The largest absolute Gasteiger partial charge is 0.256 e. The zero-order valence-corrected chi connectivity index (χ0v) is 9.56. The van der Waals surface area contributed by atoms with E-state index in [-0.39, 0.29) is 0 Å². The van der Waals surface area contributed by atoms with E-state index in [1.54, 1.807) is 0 Å². The molecular weight excluding hydrogens is 206 g/mol. The zero-order valence-electron chi connectivity index (χ0n) is 9.56. The summed E-state index contributed by atoms with van der Waals surface area (Å²) in [6, 6.07) is 14.4. The number of rotatable bonds is 1. The first-order valence-corrected chi connectivity index (χ1v) is 5.74. The molecular formula is C16H13N. The van der Waals surface area contributed by atoms with Gasteiger partial charge in [-0.2, -0.15) is 0 Å². The molecule has 0 saturated heterocycles. The third kappa shape index (κ3) is 1.80. The molecule has 0 spiro atoms. The molecule has 17 heavy (non-hydrogen) atoms. The molecule has 0 aliphatic heterocycles. The van der Waals surface area contributed by atoms with Crippen molar-refractivity contribution in [3.05, 3.63) is 77.6 Å². The molecule has 1 aromatic heterocycles. The Balaban J connectivity index is 2.13. The highest BCUT2D eigenvalue weighted by Crippen LogP contribution is 2.32. The zero-order chi connectivity index (χ0) is 11.7. The van der Waals surface area contributed by atoms with Gasteiger partial charge in [0.2, 0.25) is 0 Å². The number of pyridine rings is 1. The van der Waals surface area contributed by atoms with Gasteiger partial charge < -0.3 is 0 Å². The number of hydrogen-bond acceptors (Lipinski definition) is 1. The van der Waals surface area contributed by atoms with Crippen molar-refractivity contribution in [3.8, 4) is 0 Å².